The summed E-state index contributed by atoms with van der Waals surface area (Å²) in [5.74, 6) is -0.671. The maximum absolute atomic E-state index is 13.2. The highest BCUT2D eigenvalue weighted by Gasteiger charge is 2.46. The molecule has 1 saturated heterocycles. The molecule has 1 amide bonds. The Morgan fingerprint density at radius 1 is 1.03 bits per heavy atom. The van der Waals surface area contributed by atoms with Crippen molar-refractivity contribution in [3.63, 3.8) is 0 Å². The van der Waals surface area contributed by atoms with Crippen molar-refractivity contribution < 1.29 is 19.4 Å². The van der Waals surface area contributed by atoms with Gasteiger partial charge >= 0.3 is 0 Å². The average Bonchev–Trinajstić information content (AvgIpc) is 3.05. The summed E-state index contributed by atoms with van der Waals surface area (Å²) in [7, 11) is 0. The number of Topliss-reactive ketones (excluding diaryl/α,β-unsaturated/α-hetero) is 1. The number of hydrogen-bond donors (Lipinski definition) is 1. The zero-order valence-corrected chi connectivity index (χ0v) is 20.2. The molecule has 2 aromatic carbocycles. The Kier molecular flexibility index (Phi) is 7.92. The Hall–Kier alpha value is -3.12. The Bertz CT molecular complexity index is 1040. The lowest BCUT2D eigenvalue weighted by atomic mass is 9.93. The molecule has 1 aliphatic rings. The highest BCUT2D eigenvalue weighted by Crippen LogP contribution is 2.40. The molecule has 0 radical (unpaired) electrons. The van der Waals surface area contributed by atoms with Gasteiger partial charge in [-0.15, -0.1) is 0 Å². The number of benzene rings is 2. The summed E-state index contributed by atoms with van der Waals surface area (Å²) in [6, 6.07) is 12.5. The lowest BCUT2D eigenvalue weighted by Gasteiger charge is -2.28. The van der Waals surface area contributed by atoms with E-state index in [1.807, 2.05) is 51.1 Å². The monoisotopic (exact) mass is 450 g/mol. The van der Waals surface area contributed by atoms with Gasteiger partial charge in [0.25, 0.3) is 11.7 Å². The van der Waals surface area contributed by atoms with Gasteiger partial charge in [0.1, 0.15) is 11.5 Å². The summed E-state index contributed by atoms with van der Waals surface area (Å²) in [5.41, 5.74) is 3.33. The number of aliphatic hydroxyl groups excluding tert-OH is 1. The normalized spacial score (nSPS) is 17.8. The third-order valence-corrected chi connectivity index (χ3v) is 6.25. The summed E-state index contributed by atoms with van der Waals surface area (Å²) < 4.78 is 5.55. The fraction of sp³-hybridized carbons (Fsp3) is 0.407. The van der Waals surface area contributed by atoms with Crippen molar-refractivity contribution in [3.8, 4) is 5.75 Å². The van der Waals surface area contributed by atoms with Crippen molar-refractivity contribution in [2.24, 2.45) is 0 Å². The second kappa shape index (κ2) is 10.7. The molecule has 1 N–H and O–H groups in total. The van der Waals surface area contributed by atoms with Crippen molar-refractivity contribution >= 4 is 17.4 Å². The van der Waals surface area contributed by atoms with Crippen LogP contribution in [0.3, 0.4) is 0 Å². The van der Waals surface area contributed by atoms with Crippen molar-refractivity contribution in [1.82, 2.24) is 9.80 Å². The van der Waals surface area contributed by atoms with Crippen molar-refractivity contribution in [3.05, 3.63) is 70.3 Å². The molecule has 6 nitrogen and oxygen atoms in total. The molecule has 0 spiro atoms. The number of likely N-dealkylation sites (N-methyl/N-ethyl adjacent to an activating group) is 1. The molecule has 0 aromatic heterocycles. The molecule has 1 atom stereocenters. The minimum Gasteiger partial charge on any atom is -0.507 e. The quantitative estimate of drug-likeness (QED) is 0.347. The first-order valence-electron chi connectivity index (χ1n) is 11.6. The van der Waals surface area contributed by atoms with Crippen LogP contribution in [0.15, 0.2) is 48.0 Å². The molecule has 0 bridgehead atoms. The van der Waals surface area contributed by atoms with Gasteiger partial charge < -0.3 is 19.6 Å². The second-order valence-electron chi connectivity index (χ2n) is 8.34. The van der Waals surface area contributed by atoms with E-state index in [0.29, 0.717) is 31.0 Å². The highest BCUT2D eigenvalue weighted by molar-refractivity contribution is 6.46. The Balaban J connectivity index is 2.10. The number of hydrogen-bond acceptors (Lipinski definition) is 5. The molecular formula is C27H34N2O4. The lowest BCUT2D eigenvalue weighted by Crippen LogP contribution is -2.38. The van der Waals surface area contributed by atoms with Gasteiger partial charge in [-0.25, -0.2) is 0 Å². The van der Waals surface area contributed by atoms with Crippen LogP contribution in [0, 0.1) is 13.8 Å². The van der Waals surface area contributed by atoms with Crippen LogP contribution in [-0.2, 0) is 9.59 Å². The molecule has 0 unspecified atom stereocenters. The van der Waals surface area contributed by atoms with Crippen LogP contribution in [0.2, 0.25) is 0 Å². The molecular weight excluding hydrogens is 416 g/mol. The van der Waals surface area contributed by atoms with E-state index in [4.69, 9.17) is 4.74 Å². The minimum atomic E-state index is -0.647. The second-order valence-corrected chi connectivity index (χ2v) is 8.34. The molecule has 3 rings (SSSR count). The number of carbonyl (C=O) groups excluding carboxylic acids is 2. The molecule has 2 aromatic rings. The number of rotatable bonds is 9. The van der Waals surface area contributed by atoms with Crippen LogP contribution >= 0.6 is 0 Å². The van der Waals surface area contributed by atoms with Gasteiger partial charge in [-0.2, -0.15) is 0 Å². The Morgan fingerprint density at radius 2 is 1.70 bits per heavy atom. The number of carbonyl (C=O) groups is 2. The molecule has 33 heavy (non-hydrogen) atoms. The van der Waals surface area contributed by atoms with Gasteiger partial charge in [0.2, 0.25) is 0 Å². The SMILES string of the molecule is CCOc1ccc(C(O)=C2C(=O)C(=O)N(CCN(CC)CC)[C@@H]2c2ccc(C)cc2)c(C)c1. The summed E-state index contributed by atoms with van der Waals surface area (Å²) in [5, 5.41) is 11.3. The van der Waals surface area contributed by atoms with Crippen LogP contribution in [0.4, 0.5) is 0 Å². The first-order valence-corrected chi connectivity index (χ1v) is 11.6. The van der Waals surface area contributed by atoms with E-state index < -0.39 is 17.7 Å². The van der Waals surface area contributed by atoms with Crippen LogP contribution < -0.4 is 4.74 Å². The van der Waals surface area contributed by atoms with E-state index in [9.17, 15) is 14.7 Å². The van der Waals surface area contributed by atoms with Crippen molar-refractivity contribution in [1.29, 1.82) is 0 Å². The number of nitrogens with zero attached hydrogens (tertiary/aromatic N) is 2. The maximum atomic E-state index is 13.2. The molecule has 1 heterocycles. The van der Waals surface area contributed by atoms with E-state index in [2.05, 4.69) is 18.7 Å². The highest BCUT2D eigenvalue weighted by atomic mass is 16.5. The van der Waals surface area contributed by atoms with E-state index in [1.54, 1.807) is 17.0 Å². The number of aryl methyl sites for hydroxylation is 2. The smallest absolute Gasteiger partial charge is 0.295 e. The predicted octanol–water partition coefficient (Wildman–Crippen LogP) is 4.47. The predicted molar refractivity (Wildman–Crippen MR) is 130 cm³/mol. The van der Waals surface area contributed by atoms with Gasteiger partial charge in [0, 0.05) is 18.7 Å². The summed E-state index contributed by atoms with van der Waals surface area (Å²) in [4.78, 5) is 30.1. The standard InChI is InChI=1S/C27H34N2O4/c1-6-28(7-2)15-16-29-24(20-11-9-18(4)10-12-20)23(26(31)27(29)32)25(30)22-14-13-21(33-8-3)17-19(22)5/h9-14,17,24,30H,6-8,15-16H2,1-5H3/t24-/m1/s1. The largest absolute Gasteiger partial charge is 0.507 e. The van der Waals surface area contributed by atoms with Gasteiger partial charge in [-0.05, 0) is 63.2 Å². The summed E-state index contributed by atoms with van der Waals surface area (Å²) in [6.07, 6.45) is 0. The number of aliphatic hydroxyl groups is 1. The summed E-state index contributed by atoms with van der Waals surface area (Å²) >= 11 is 0. The Morgan fingerprint density at radius 3 is 2.27 bits per heavy atom. The van der Waals surface area contributed by atoms with Crippen LogP contribution in [0.25, 0.3) is 5.76 Å². The number of ketones is 1. The fourth-order valence-corrected chi connectivity index (χ4v) is 4.30. The topological polar surface area (TPSA) is 70.1 Å². The van der Waals surface area contributed by atoms with E-state index in [1.165, 1.54) is 0 Å². The summed E-state index contributed by atoms with van der Waals surface area (Å²) in [6.45, 7) is 13.2. The van der Waals surface area contributed by atoms with Gasteiger partial charge in [0.05, 0.1) is 18.2 Å². The molecule has 0 aliphatic carbocycles. The zero-order chi connectivity index (χ0) is 24.1. The zero-order valence-electron chi connectivity index (χ0n) is 20.2. The van der Waals surface area contributed by atoms with Crippen LogP contribution in [0.5, 0.6) is 5.75 Å². The first-order chi connectivity index (χ1) is 15.8. The maximum Gasteiger partial charge on any atom is 0.295 e. The van der Waals surface area contributed by atoms with Crippen molar-refractivity contribution in [2.75, 3.05) is 32.8 Å². The van der Waals surface area contributed by atoms with Gasteiger partial charge in [-0.3, -0.25) is 9.59 Å². The number of ether oxygens (including phenoxy) is 1. The third kappa shape index (κ3) is 5.11. The number of amides is 1. The van der Waals surface area contributed by atoms with Crippen LogP contribution in [-0.4, -0.2) is 59.4 Å². The first kappa shape index (κ1) is 24.5. The van der Waals surface area contributed by atoms with E-state index in [0.717, 1.165) is 29.8 Å². The molecule has 6 heteroatoms. The lowest BCUT2D eigenvalue weighted by molar-refractivity contribution is -0.140. The van der Waals surface area contributed by atoms with E-state index >= 15 is 0 Å². The molecule has 176 valence electrons. The van der Waals surface area contributed by atoms with Crippen LogP contribution in [0.1, 0.15) is 49.1 Å². The molecule has 1 fully saturated rings. The average molecular weight is 451 g/mol. The van der Waals surface area contributed by atoms with Crippen molar-refractivity contribution in [2.45, 2.75) is 40.7 Å². The Labute approximate surface area is 196 Å². The van der Waals surface area contributed by atoms with E-state index in [-0.39, 0.29) is 11.3 Å². The molecule has 0 saturated carbocycles. The third-order valence-electron chi connectivity index (χ3n) is 6.25. The number of likely N-dealkylation sites (tertiary alicyclic amines) is 1. The van der Waals surface area contributed by atoms with Gasteiger partial charge in [-0.1, -0.05) is 43.7 Å². The fourth-order valence-electron chi connectivity index (χ4n) is 4.30. The molecule has 1 aliphatic heterocycles. The van der Waals surface area contributed by atoms with Gasteiger partial charge in [0.15, 0.2) is 0 Å². The minimum absolute atomic E-state index is 0.135.